The fourth-order valence-corrected chi connectivity index (χ4v) is 3.61. The van der Waals surface area contributed by atoms with Gasteiger partial charge >= 0.3 is 0 Å². The number of carbonyl (C=O) groups excluding carboxylic acids is 2. The van der Waals surface area contributed by atoms with Gasteiger partial charge in [-0.15, -0.1) is 0 Å². The summed E-state index contributed by atoms with van der Waals surface area (Å²) in [7, 11) is 3.86. The van der Waals surface area contributed by atoms with Crippen molar-refractivity contribution in [2.24, 2.45) is 0 Å². The van der Waals surface area contributed by atoms with Crippen LogP contribution in [0.3, 0.4) is 0 Å². The van der Waals surface area contributed by atoms with Gasteiger partial charge in [0.25, 0.3) is 5.91 Å². The van der Waals surface area contributed by atoms with Gasteiger partial charge in [0, 0.05) is 19.8 Å². The number of aliphatic hydroxyl groups excluding tert-OH is 1. The maximum atomic E-state index is 13.2. The van der Waals surface area contributed by atoms with E-state index in [2.05, 4.69) is 0 Å². The second-order valence-corrected chi connectivity index (χ2v) is 7.40. The summed E-state index contributed by atoms with van der Waals surface area (Å²) in [6.45, 7) is 1.84. The molecule has 3 aromatic rings. The molecule has 0 aliphatic carbocycles. The van der Waals surface area contributed by atoms with E-state index in [9.17, 15) is 14.7 Å². The molecule has 0 bridgehead atoms. The van der Waals surface area contributed by atoms with Crippen LogP contribution < -0.4 is 4.90 Å². The topological polar surface area (TPSA) is 87.1 Å². The number of aliphatic hydroxyl groups is 1. The standard InChI is InChI=1S/C23H22N2O5/c1-14-6-11-18(30-14)21(26)19-20(15-7-9-16(10-8-15)24(2)3)25(23(28)22(19)27)13-17-5-4-12-29-17/h4-12,20,27H,13H2,1-3H3/t20-/m0/s1. The molecule has 3 heterocycles. The van der Waals surface area contributed by atoms with Crippen molar-refractivity contribution in [3.63, 3.8) is 0 Å². The van der Waals surface area contributed by atoms with Gasteiger partial charge in [0.1, 0.15) is 11.5 Å². The van der Waals surface area contributed by atoms with Crippen LogP contribution in [0.15, 0.2) is 75.0 Å². The van der Waals surface area contributed by atoms with E-state index in [4.69, 9.17) is 8.83 Å². The summed E-state index contributed by atoms with van der Waals surface area (Å²) in [5.74, 6) is -0.508. The number of ketones is 1. The lowest BCUT2D eigenvalue weighted by Gasteiger charge is -2.26. The van der Waals surface area contributed by atoms with Gasteiger partial charge < -0.3 is 23.7 Å². The lowest BCUT2D eigenvalue weighted by molar-refractivity contribution is -0.130. The molecule has 7 nitrogen and oxygen atoms in total. The number of anilines is 1. The Bertz CT molecular complexity index is 1110. The second kappa shape index (κ2) is 7.59. The largest absolute Gasteiger partial charge is 0.503 e. The number of benzene rings is 1. The first-order chi connectivity index (χ1) is 14.4. The van der Waals surface area contributed by atoms with E-state index < -0.39 is 23.5 Å². The van der Waals surface area contributed by atoms with Gasteiger partial charge in [-0.1, -0.05) is 12.1 Å². The minimum atomic E-state index is -0.767. The summed E-state index contributed by atoms with van der Waals surface area (Å²) >= 11 is 0. The summed E-state index contributed by atoms with van der Waals surface area (Å²) in [5, 5.41) is 10.7. The molecule has 1 atom stereocenters. The van der Waals surface area contributed by atoms with Crippen molar-refractivity contribution in [2.45, 2.75) is 19.5 Å². The molecule has 7 heteroatoms. The molecule has 0 radical (unpaired) electrons. The predicted molar refractivity (Wildman–Crippen MR) is 110 cm³/mol. The van der Waals surface area contributed by atoms with E-state index >= 15 is 0 Å². The van der Waals surface area contributed by atoms with Crippen molar-refractivity contribution in [3.8, 4) is 0 Å². The number of aryl methyl sites for hydroxylation is 1. The van der Waals surface area contributed by atoms with Gasteiger partial charge in [0.05, 0.1) is 24.4 Å². The molecule has 0 unspecified atom stereocenters. The zero-order valence-electron chi connectivity index (χ0n) is 17.0. The average Bonchev–Trinajstić information content (AvgIpc) is 3.45. The number of Topliss-reactive ketones (excluding diaryl/α,β-unsaturated/α-hetero) is 1. The van der Waals surface area contributed by atoms with E-state index in [-0.39, 0.29) is 17.9 Å². The van der Waals surface area contributed by atoms with Crippen molar-refractivity contribution >= 4 is 17.4 Å². The quantitative estimate of drug-likeness (QED) is 0.622. The van der Waals surface area contributed by atoms with E-state index in [1.165, 1.54) is 11.2 Å². The maximum absolute atomic E-state index is 13.2. The van der Waals surface area contributed by atoms with E-state index in [1.54, 1.807) is 31.2 Å². The van der Waals surface area contributed by atoms with Crippen molar-refractivity contribution < 1.29 is 23.5 Å². The Balaban J connectivity index is 1.79. The molecule has 1 aliphatic rings. The van der Waals surface area contributed by atoms with Crippen molar-refractivity contribution in [2.75, 3.05) is 19.0 Å². The minimum Gasteiger partial charge on any atom is -0.503 e. The van der Waals surface area contributed by atoms with Crippen molar-refractivity contribution in [3.05, 3.63) is 89.0 Å². The Morgan fingerprint density at radius 1 is 1.13 bits per heavy atom. The number of hydrogen-bond donors (Lipinski definition) is 1. The fraction of sp³-hybridized carbons (Fsp3) is 0.217. The normalized spacial score (nSPS) is 16.4. The zero-order chi connectivity index (χ0) is 21.4. The molecule has 0 spiro atoms. The highest BCUT2D eigenvalue weighted by atomic mass is 16.3. The molecule has 1 amide bonds. The van der Waals surface area contributed by atoms with Crippen molar-refractivity contribution in [1.29, 1.82) is 0 Å². The number of rotatable bonds is 6. The first-order valence-corrected chi connectivity index (χ1v) is 9.51. The van der Waals surface area contributed by atoms with Gasteiger partial charge in [-0.25, -0.2) is 0 Å². The highest BCUT2D eigenvalue weighted by molar-refractivity contribution is 6.15. The molecule has 4 rings (SSSR count). The van der Waals surface area contributed by atoms with Crippen LogP contribution >= 0.6 is 0 Å². The Hall–Kier alpha value is -3.74. The summed E-state index contributed by atoms with van der Waals surface area (Å²) < 4.78 is 10.9. The van der Waals surface area contributed by atoms with E-state index in [0.717, 1.165) is 5.69 Å². The first kappa shape index (κ1) is 19.6. The number of nitrogens with zero attached hydrogens (tertiary/aromatic N) is 2. The molecular weight excluding hydrogens is 384 g/mol. The van der Waals surface area contributed by atoms with Crippen LogP contribution in [0.2, 0.25) is 0 Å². The number of amides is 1. The summed E-state index contributed by atoms with van der Waals surface area (Å²) in [5.41, 5.74) is 1.68. The number of furan rings is 2. The molecule has 1 aliphatic heterocycles. The van der Waals surface area contributed by atoms with Crippen LogP contribution in [-0.2, 0) is 11.3 Å². The summed E-state index contributed by atoms with van der Waals surface area (Å²) in [4.78, 5) is 29.5. The van der Waals surface area contributed by atoms with Crippen LogP contribution in [0.25, 0.3) is 0 Å². The maximum Gasteiger partial charge on any atom is 0.290 e. The van der Waals surface area contributed by atoms with Crippen LogP contribution in [0.5, 0.6) is 0 Å². The van der Waals surface area contributed by atoms with E-state index in [1.807, 2.05) is 43.3 Å². The van der Waals surface area contributed by atoms with Gasteiger partial charge in [-0.3, -0.25) is 9.59 Å². The molecular formula is C23H22N2O5. The molecule has 154 valence electrons. The third-order valence-corrected chi connectivity index (χ3v) is 5.14. The Morgan fingerprint density at radius 3 is 2.43 bits per heavy atom. The Labute approximate surface area is 173 Å². The van der Waals surface area contributed by atoms with Gasteiger partial charge in [0.2, 0.25) is 5.78 Å². The highest BCUT2D eigenvalue weighted by Crippen LogP contribution is 2.40. The predicted octanol–water partition coefficient (Wildman–Crippen LogP) is 4.03. The third-order valence-electron chi connectivity index (χ3n) is 5.14. The fourth-order valence-electron chi connectivity index (χ4n) is 3.61. The smallest absolute Gasteiger partial charge is 0.290 e. The molecule has 0 saturated heterocycles. The summed E-state index contributed by atoms with van der Waals surface area (Å²) in [6.07, 6.45) is 1.52. The average molecular weight is 406 g/mol. The molecule has 2 aromatic heterocycles. The molecule has 1 N–H and O–H groups in total. The SMILES string of the molecule is Cc1ccc(C(=O)C2=C(O)C(=O)N(Cc3ccco3)[C@H]2c2ccc(N(C)C)cc2)o1. The molecule has 30 heavy (non-hydrogen) atoms. The second-order valence-electron chi connectivity index (χ2n) is 7.40. The first-order valence-electron chi connectivity index (χ1n) is 9.51. The summed E-state index contributed by atoms with van der Waals surface area (Å²) in [6, 6.07) is 13.4. The van der Waals surface area contributed by atoms with Gasteiger partial charge in [0.15, 0.2) is 11.5 Å². The Morgan fingerprint density at radius 2 is 1.87 bits per heavy atom. The van der Waals surface area contributed by atoms with Crippen molar-refractivity contribution in [1.82, 2.24) is 4.90 Å². The van der Waals surface area contributed by atoms with Crippen LogP contribution in [0.1, 0.15) is 33.7 Å². The number of carbonyl (C=O) groups is 2. The zero-order valence-corrected chi connectivity index (χ0v) is 17.0. The van der Waals surface area contributed by atoms with Crippen LogP contribution in [0, 0.1) is 6.92 Å². The van der Waals surface area contributed by atoms with E-state index in [0.29, 0.717) is 17.1 Å². The number of hydrogen-bond acceptors (Lipinski definition) is 6. The van der Waals surface area contributed by atoms with Gasteiger partial charge in [-0.05, 0) is 48.9 Å². The Kier molecular flexibility index (Phi) is 4.95. The lowest BCUT2D eigenvalue weighted by atomic mass is 9.95. The third kappa shape index (κ3) is 3.39. The highest BCUT2D eigenvalue weighted by Gasteiger charge is 2.44. The van der Waals surface area contributed by atoms with Crippen LogP contribution in [0.4, 0.5) is 5.69 Å². The molecule has 1 aromatic carbocycles. The lowest BCUT2D eigenvalue weighted by Crippen LogP contribution is -2.30. The van der Waals surface area contributed by atoms with Crippen LogP contribution in [-0.4, -0.2) is 35.8 Å². The minimum absolute atomic E-state index is 0.00138. The molecule has 0 fully saturated rings. The monoisotopic (exact) mass is 406 g/mol. The van der Waals surface area contributed by atoms with Gasteiger partial charge in [-0.2, -0.15) is 0 Å². The molecule has 0 saturated carbocycles.